The van der Waals surface area contributed by atoms with Gasteiger partial charge in [0, 0.05) is 24.4 Å². The molecule has 0 aromatic heterocycles. The lowest BCUT2D eigenvalue weighted by molar-refractivity contribution is -0.122. The first-order valence-corrected chi connectivity index (χ1v) is 6.37. The summed E-state index contributed by atoms with van der Waals surface area (Å²) >= 11 is 0. The van der Waals surface area contributed by atoms with Crippen LogP contribution in [0.3, 0.4) is 0 Å². The van der Waals surface area contributed by atoms with Crippen LogP contribution in [0.15, 0.2) is 30.3 Å². The molecule has 0 bridgehead atoms. The molecule has 3 nitrogen and oxygen atoms in total. The van der Waals surface area contributed by atoms with Crippen molar-refractivity contribution in [1.29, 1.82) is 0 Å². The van der Waals surface area contributed by atoms with E-state index < -0.39 is 0 Å². The largest absolute Gasteiger partial charge is 0.348 e. The molecule has 0 radical (unpaired) electrons. The standard InChI is InChI=1S/C15H19NO2/c1-15(2)9-8-12(17)10-13(15)16-14(18)11-6-4-3-5-7-11/h3-7,13H,8-10H2,1-2H3,(H,16,18). The Bertz CT molecular complexity index is 451. The summed E-state index contributed by atoms with van der Waals surface area (Å²) < 4.78 is 0. The molecule has 18 heavy (non-hydrogen) atoms. The molecule has 1 aliphatic carbocycles. The van der Waals surface area contributed by atoms with Crippen LogP contribution in [0.25, 0.3) is 0 Å². The smallest absolute Gasteiger partial charge is 0.251 e. The Morgan fingerprint density at radius 2 is 1.94 bits per heavy atom. The van der Waals surface area contributed by atoms with E-state index in [0.29, 0.717) is 18.4 Å². The number of hydrogen-bond donors (Lipinski definition) is 1. The summed E-state index contributed by atoms with van der Waals surface area (Å²) in [5, 5.41) is 3.00. The van der Waals surface area contributed by atoms with E-state index in [0.717, 1.165) is 6.42 Å². The van der Waals surface area contributed by atoms with Gasteiger partial charge in [0.15, 0.2) is 0 Å². The van der Waals surface area contributed by atoms with E-state index in [1.54, 1.807) is 12.1 Å². The molecular formula is C15H19NO2. The van der Waals surface area contributed by atoms with E-state index in [1.165, 1.54) is 0 Å². The van der Waals surface area contributed by atoms with Gasteiger partial charge in [0.25, 0.3) is 5.91 Å². The van der Waals surface area contributed by atoms with Crippen molar-refractivity contribution in [2.24, 2.45) is 5.41 Å². The third-order valence-electron chi connectivity index (χ3n) is 3.76. The summed E-state index contributed by atoms with van der Waals surface area (Å²) in [5.74, 6) is 0.149. The first-order valence-electron chi connectivity index (χ1n) is 6.37. The quantitative estimate of drug-likeness (QED) is 0.870. The number of ketones is 1. The average molecular weight is 245 g/mol. The topological polar surface area (TPSA) is 46.2 Å². The molecule has 3 heteroatoms. The van der Waals surface area contributed by atoms with Gasteiger partial charge in [0.2, 0.25) is 0 Å². The van der Waals surface area contributed by atoms with E-state index >= 15 is 0 Å². The second kappa shape index (κ2) is 4.92. The fourth-order valence-electron chi connectivity index (χ4n) is 2.32. The van der Waals surface area contributed by atoms with Gasteiger partial charge in [-0.25, -0.2) is 0 Å². The van der Waals surface area contributed by atoms with Crippen LogP contribution in [0, 0.1) is 5.41 Å². The lowest BCUT2D eigenvalue weighted by atomic mass is 9.73. The Morgan fingerprint density at radius 3 is 2.61 bits per heavy atom. The zero-order valence-corrected chi connectivity index (χ0v) is 10.9. The van der Waals surface area contributed by atoms with Crippen LogP contribution in [0.5, 0.6) is 0 Å². The van der Waals surface area contributed by atoms with Crippen molar-refractivity contribution in [2.75, 3.05) is 0 Å². The predicted octanol–water partition coefficient (Wildman–Crippen LogP) is 2.56. The zero-order chi connectivity index (χ0) is 13.2. The highest BCUT2D eigenvalue weighted by Gasteiger charge is 2.36. The fraction of sp³-hybridized carbons (Fsp3) is 0.467. The number of rotatable bonds is 2. The van der Waals surface area contributed by atoms with Crippen LogP contribution in [0.4, 0.5) is 0 Å². The summed E-state index contributed by atoms with van der Waals surface area (Å²) in [6.07, 6.45) is 1.92. The van der Waals surface area contributed by atoms with Gasteiger partial charge in [-0.3, -0.25) is 9.59 Å². The van der Waals surface area contributed by atoms with Gasteiger partial charge in [0.1, 0.15) is 5.78 Å². The number of Topliss-reactive ketones (excluding diaryl/α,β-unsaturated/α-hetero) is 1. The second-order valence-corrected chi connectivity index (χ2v) is 5.62. The molecule has 1 fully saturated rings. The second-order valence-electron chi connectivity index (χ2n) is 5.62. The molecule has 1 atom stereocenters. The van der Waals surface area contributed by atoms with Crippen molar-refractivity contribution < 1.29 is 9.59 Å². The highest BCUT2D eigenvalue weighted by atomic mass is 16.2. The van der Waals surface area contributed by atoms with E-state index in [4.69, 9.17) is 0 Å². The molecular weight excluding hydrogens is 226 g/mol. The summed E-state index contributed by atoms with van der Waals surface area (Å²) in [5.41, 5.74) is 0.629. The van der Waals surface area contributed by atoms with Gasteiger partial charge < -0.3 is 5.32 Å². The molecule has 0 saturated heterocycles. The Kier molecular flexibility index (Phi) is 3.50. The maximum Gasteiger partial charge on any atom is 0.251 e. The van der Waals surface area contributed by atoms with E-state index in [9.17, 15) is 9.59 Å². The summed E-state index contributed by atoms with van der Waals surface area (Å²) in [6, 6.07) is 9.06. The van der Waals surface area contributed by atoms with Crippen LogP contribution in [0.2, 0.25) is 0 Å². The van der Waals surface area contributed by atoms with Gasteiger partial charge in [-0.1, -0.05) is 32.0 Å². The molecule has 2 rings (SSSR count). The number of nitrogens with one attached hydrogen (secondary N) is 1. The van der Waals surface area contributed by atoms with Crippen LogP contribution in [-0.2, 0) is 4.79 Å². The Balaban J connectivity index is 2.08. The van der Waals surface area contributed by atoms with Gasteiger partial charge in [-0.15, -0.1) is 0 Å². The summed E-state index contributed by atoms with van der Waals surface area (Å²) in [6.45, 7) is 4.21. The third-order valence-corrected chi connectivity index (χ3v) is 3.76. The van der Waals surface area contributed by atoms with Gasteiger partial charge >= 0.3 is 0 Å². The molecule has 1 amide bonds. The maximum absolute atomic E-state index is 12.1. The first kappa shape index (κ1) is 12.8. The van der Waals surface area contributed by atoms with Gasteiger partial charge in [-0.2, -0.15) is 0 Å². The van der Waals surface area contributed by atoms with Gasteiger partial charge in [0.05, 0.1) is 0 Å². The van der Waals surface area contributed by atoms with Crippen LogP contribution in [-0.4, -0.2) is 17.7 Å². The van der Waals surface area contributed by atoms with Crippen molar-refractivity contribution in [1.82, 2.24) is 5.32 Å². The van der Waals surface area contributed by atoms with Crippen molar-refractivity contribution in [3.63, 3.8) is 0 Å². The lowest BCUT2D eigenvalue weighted by Crippen LogP contribution is -2.48. The Hall–Kier alpha value is -1.64. The highest BCUT2D eigenvalue weighted by molar-refractivity contribution is 5.94. The third kappa shape index (κ3) is 2.78. The van der Waals surface area contributed by atoms with Gasteiger partial charge in [-0.05, 0) is 24.0 Å². The molecule has 1 saturated carbocycles. The number of benzene rings is 1. The van der Waals surface area contributed by atoms with E-state index in [1.807, 2.05) is 18.2 Å². The molecule has 0 aliphatic heterocycles. The van der Waals surface area contributed by atoms with E-state index in [-0.39, 0.29) is 23.1 Å². The van der Waals surface area contributed by atoms with Crippen molar-refractivity contribution >= 4 is 11.7 Å². The van der Waals surface area contributed by atoms with Crippen molar-refractivity contribution in [3.8, 4) is 0 Å². The molecule has 0 spiro atoms. The lowest BCUT2D eigenvalue weighted by Gasteiger charge is -2.38. The zero-order valence-electron chi connectivity index (χ0n) is 10.9. The molecule has 1 aromatic rings. The van der Waals surface area contributed by atoms with Crippen molar-refractivity contribution in [3.05, 3.63) is 35.9 Å². The molecule has 0 heterocycles. The monoisotopic (exact) mass is 245 g/mol. The fourth-order valence-corrected chi connectivity index (χ4v) is 2.32. The number of carbonyl (C=O) groups excluding carboxylic acids is 2. The molecule has 1 aliphatic rings. The summed E-state index contributed by atoms with van der Waals surface area (Å²) in [4.78, 5) is 23.6. The highest BCUT2D eigenvalue weighted by Crippen LogP contribution is 2.34. The molecule has 1 N–H and O–H groups in total. The predicted molar refractivity (Wildman–Crippen MR) is 70.3 cm³/mol. The molecule has 1 unspecified atom stereocenters. The normalized spacial score (nSPS) is 22.6. The average Bonchev–Trinajstić information content (AvgIpc) is 2.35. The molecule has 1 aromatic carbocycles. The summed E-state index contributed by atoms with van der Waals surface area (Å²) in [7, 11) is 0. The van der Waals surface area contributed by atoms with Crippen LogP contribution in [0.1, 0.15) is 43.5 Å². The number of amides is 1. The SMILES string of the molecule is CC1(C)CCC(=O)CC1NC(=O)c1ccccc1. The maximum atomic E-state index is 12.1. The Morgan fingerprint density at radius 1 is 1.28 bits per heavy atom. The minimum absolute atomic E-state index is 0.0155. The van der Waals surface area contributed by atoms with Crippen LogP contribution < -0.4 is 5.32 Å². The van der Waals surface area contributed by atoms with Crippen molar-refractivity contribution in [2.45, 2.75) is 39.2 Å². The first-order chi connectivity index (χ1) is 8.49. The molecule has 96 valence electrons. The van der Waals surface area contributed by atoms with E-state index in [2.05, 4.69) is 19.2 Å². The minimum atomic E-state index is -0.0941. The minimum Gasteiger partial charge on any atom is -0.348 e. The number of carbonyl (C=O) groups is 2. The van der Waals surface area contributed by atoms with Crippen LogP contribution >= 0.6 is 0 Å². The Labute approximate surface area is 108 Å². The number of hydrogen-bond acceptors (Lipinski definition) is 2.